The van der Waals surface area contributed by atoms with Crippen molar-refractivity contribution < 1.29 is 14.6 Å². The van der Waals surface area contributed by atoms with Crippen LogP contribution in [0.1, 0.15) is 32.8 Å². The van der Waals surface area contributed by atoms with Crippen LogP contribution in [0.2, 0.25) is 0 Å². The SMILES string of the molecule is Cc1cccc(OCCC(=O)NC(C)(C)C(C)O)c1. The number of aliphatic hydroxyl groups is 1. The van der Waals surface area contributed by atoms with Crippen LogP contribution in [0.3, 0.4) is 0 Å². The number of hydrogen-bond donors (Lipinski definition) is 2. The normalized spacial score (nSPS) is 12.9. The molecular weight excluding hydrogens is 242 g/mol. The van der Waals surface area contributed by atoms with Crippen molar-refractivity contribution in [3.8, 4) is 5.75 Å². The maximum absolute atomic E-state index is 11.7. The highest BCUT2D eigenvalue weighted by molar-refractivity contribution is 5.76. The lowest BCUT2D eigenvalue weighted by molar-refractivity contribution is -0.124. The molecule has 19 heavy (non-hydrogen) atoms. The molecular formula is C15H23NO3. The average Bonchev–Trinajstić information content (AvgIpc) is 2.28. The van der Waals surface area contributed by atoms with Crippen LogP contribution in [0, 0.1) is 6.92 Å². The van der Waals surface area contributed by atoms with Crippen LogP contribution < -0.4 is 10.1 Å². The molecule has 2 N–H and O–H groups in total. The van der Waals surface area contributed by atoms with E-state index in [9.17, 15) is 9.90 Å². The Balaban J connectivity index is 2.35. The Bertz CT molecular complexity index is 427. The zero-order valence-electron chi connectivity index (χ0n) is 12.1. The molecule has 106 valence electrons. The van der Waals surface area contributed by atoms with E-state index in [1.165, 1.54) is 0 Å². The minimum atomic E-state index is -0.625. The Labute approximate surface area is 114 Å². The number of aryl methyl sites for hydroxylation is 1. The molecule has 4 nitrogen and oxygen atoms in total. The first kappa shape index (κ1) is 15.5. The number of benzene rings is 1. The molecule has 1 rings (SSSR count). The summed E-state index contributed by atoms with van der Waals surface area (Å²) in [5, 5.41) is 12.3. The molecule has 0 fully saturated rings. The number of rotatable bonds is 6. The van der Waals surface area contributed by atoms with E-state index in [-0.39, 0.29) is 12.3 Å². The number of carbonyl (C=O) groups is 1. The topological polar surface area (TPSA) is 58.6 Å². The fourth-order valence-electron chi connectivity index (χ4n) is 1.49. The van der Waals surface area contributed by atoms with Crippen molar-refractivity contribution in [3.05, 3.63) is 29.8 Å². The predicted molar refractivity (Wildman–Crippen MR) is 75.2 cm³/mol. The quantitative estimate of drug-likeness (QED) is 0.827. The monoisotopic (exact) mass is 265 g/mol. The third-order valence-corrected chi connectivity index (χ3v) is 3.09. The summed E-state index contributed by atoms with van der Waals surface area (Å²) in [4.78, 5) is 11.7. The molecule has 1 aromatic rings. The molecule has 1 atom stereocenters. The van der Waals surface area contributed by atoms with Gasteiger partial charge in [-0.2, -0.15) is 0 Å². The number of carbonyl (C=O) groups excluding carboxylic acids is 1. The van der Waals surface area contributed by atoms with Crippen molar-refractivity contribution in [3.63, 3.8) is 0 Å². The maximum Gasteiger partial charge on any atom is 0.223 e. The fourth-order valence-corrected chi connectivity index (χ4v) is 1.49. The zero-order valence-corrected chi connectivity index (χ0v) is 12.1. The summed E-state index contributed by atoms with van der Waals surface area (Å²) >= 11 is 0. The van der Waals surface area contributed by atoms with Gasteiger partial charge in [0.25, 0.3) is 0 Å². The van der Waals surface area contributed by atoms with Crippen molar-refractivity contribution in [2.24, 2.45) is 0 Å². The highest BCUT2D eigenvalue weighted by Gasteiger charge is 2.25. The number of hydrogen-bond acceptors (Lipinski definition) is 3. The van der Waals surface area contributed by atoms with Crippen LogP contribution in [-0.2, 0) is 4.79 Å². The second-order valence-electron chi connectivity index (χ2n) is 5.36. The predicted octanol–water partition coefficient (Wildman–Crippen LogP) is 2.04. The summed E-state index contributed by atoms with van der Waals surface area (Å²) in [6.07, 6.45) is -0.335. The van der Waals surface area contributed by atoms with Crippen LogP contribution in [0.4, 0.5) is 0 Å². The van der Waals surface area contributed by atoms with E-state index in [4.69, 9.17) is 4.74 Å². The van der Waals surface area contributed by atoms with E-state index in [0.29, 0.717) is 6.61 Å². The molecule has 0 aliphatic carbocycles. The molecule has 4 heteroatoms. The average molecular weight is 265 g/mol. The van der Waals surface area contributed by atoms with Crippen molar-refractivity contribution in [2.45, 2.75) is 45.8 Å². The molecule has 0 aliphatic heterocycles. The molecule has 0 spiro atoms. The summed E-state index contributed by atoms with van der Waals surface area (Å²) in [7, 11) is 0. The van der Waals surface area contributed by atoms with Crippen molar-refractivity contribution in [1.82, 2.24) is 5.32 Å². The fraction of sp³-hybridized carbons (Fsp3) is 0.533. The Morgan fingerprint density at radius 2 is 2.16 bits per heavy atom. The van der Waals surface area contributed by atoms with Gasteiger partial charge in [0, 0.05) is 0 Å². The van der Waals surface area contributed by atoms with Gasteiger partial charge in [0.05, 0.1) is 24.7 Å². The summed E-state index contributed by atoms with van der Waals surface area (Å²) in [6, 6.07) is 7.70. The summed E-state index contributed by atoms with van der Waals surface area (Å²) < 4.78 is 5.51. The van der Waals surface area contributed by atoms with E-state index < -0.39 is 11.6 Å². The molecule has 0 heterocycles. The van der Waals surface area contributed by atoms with Crippen LogP contribution in [0.5, 0.6) is 5.75 Å². The van der Waals surface area contributed by atoms with Crippen molar-refractivity contribution in [2.75, 3.05) is 6.61 Å². The van der Waals surface area contributed by atoms with Gasteiger partial charge in [-0.05, 0) is 45.4 Å². The van der Waals surface area contributed by atoms with Gasteiger partial charge in [0.2, 0.25) is 5.91 Å². The lowest BCUT2D eigenvalue weighted by atomic mass is 9.99. The lowest BCUT2D eigenvalue weighted by Gasteiger charge is -2.29. The molecule has 0 radical (unpaired) electrons. The Morgan fingerprint density at radius 3 is 2.74 bits per heavy atom. The summed E-state index contributed by atoms with van der Waals surface area (Å²) in [5.74, 6) is 0.640. The molecule has 1 amide bonds. The van der Waals surface area contributed by atoms with Gasteiger partial charge in [0.15, 0.2) is 0 Å². The maximum atomic E-state index is 11.7. The first-order chi connectivity index (χ1) is 8.81. The second kappa shape index (κ2) is 6.57. The summed E-state index contributed by atoms with van der Waals surface area (Å²) in [5.41, 5.74) is 0.498. The highest BCUT2D eigenvalue weighted by atomic mass is 16.5. The van der Waals surface area contributed by atoms with Gasteiger partial charge in [-0.15, -0.1) is 0 Å². The second-order valence-corrected chi connectivity index (χ2v) is 5.36. The minimum Gasteiger partial charge on any atom is -0.493 e. The van der Waals surface area contributed by atoms with Crippen LogP contribution >= 0.6 is 0 Å². The Hall–Kier alpha value is -1.55. The third-order valence-electron chi connectivity index (χ3n) is 3.09. The van der Waals surface area contributed by atoms with E-state index in [2.05, 4.69) is 5.32 Å². The molecule has 0 bridgehead atoms. The lowest BCUT2D eigenvalue weighted by Crippen LogP contribution is -2.51. The first-order valence-corrected chi connectivity index (χ1v) is 6.50. The van der Waals surface area contributed by atoms with Gasteiger partial charge in [-0.25, -0.2) is 0 Å². The Kier molecular flexibility index (Phi) is 5.36. The van der Waals surface area contributed by atoms with Crippen LogP contribution in [0.25, 0.3) is 0 Å². The van der Waals surface area contributed by atoms with Gasteiger partial charge in [0.1, 0.15) is 5.75 Å². The van der Waals surface area contributed by atoms with E-state index in [1.807, 2.05) is 31.2 Å². The molecule has 0 saturated heterocycles. The van der Waals surface area contributed by atoms with E-state index >= 15 is 0 Å². The van der Waals surface area contributed by atoms with Gasteiger partial charge < -0.3 is 15.2 Å². The largest absolute Gasteiger partial charge is 0.493 e. The number of aliphatic hydroxyl groups excluding tert-OH is 1. The summed E-state index contributed by atoms with van der Waals surface area (Å²) in [6.45, 7) is 7.55. The first-order valence-electron chi connectivity index (χ1n) is 6.50. The standard InChI is InChI=1S/C15H23NO3/c1-11-6-5-7-13(10-11)19-9-8-14(18)16-15(3,4)12(2)17/h5-7,10,12,17H,8-9H2,1-4H3,(H,16,18). The van der Waals surface area contributed by atoms with E-state index in [1.54, 1.807) is 20.8 Å². The van der Waals surface area contributed by atoms with E-state index in [0.717, 1.165) is 11.3 Å². The third kappa shape index (κ3) is 5.30. The number of ether oxygens (including phenoxy) is 1. The minimum absolute atomic E-state index is 0.126. The molecule has 0 aromatic heterocycles. The highest BCUT2D eigenvalue weighted by Crippen LogP contribution is 2.13. The van der Waals surface area contributed by atoms with Crippen molar-refractivity contribution in [1.29, 1.82) is 0 Å². The molecule has 0 saturated carbocycles. The van der Waals surface area contributed by atoms with Gasteiger partial charge >= 0.3 is 0 Å². The molecule has 1 unspecified atom stereocenters. The van der Waals surface area contributed by atoms with Gasteiger partial charge in [-0.1, -0.05) is 12.1 Å². The number of nitrogens with one attached hydrogen (secondary N) is 1. The van der Waals surface area contributed by atoms with Crippen molar-refractivity contribution >= 4 is 5.91 Å². The smallest absolute Gasteiger partial charge is 0.223 e. The molecule has 1 aromatic carbocycles. The van der Waals surface area contributed by atoms with Crippen LogP contribution in [-0.4, -0.2) is 29.3 Å². The van der Waals surface area contributed by atoms with Crippen LogP contribution in [0.15, 0.2) is 24.3 Å². The number of amides is 1. The Morgan fingerprint density at radius 1 is 1.47 bits per heavy atom. The zero-order chi connectivity index (χ0) is 14.5. The van der Waals surface area contributed by atoms with Gasteiger partial charge in [-0.3, -0.25) is 4.79 Å². The molecule has 0 aliphatic rings.